The molecule has 11 nitrogen and oxygen atoms in total. The second kappa shape index (κ2) is 8.21. The van der Waals surface area contributed by atoms with Crippen LogP contribution in [0.5, 0.6) is 0 Å². The number of benzene rings is 1. The van der Waals surface area contributed by atoms with Gasteiger partial charge in [-0.1, -0.05) is 5.10 Å². The Bertz CT molecular complexity index is 1180. The van der Waals surface area contributed by atoms with Gasteiger partial charge in [-0.25, -0.2) is 8.42 Å². The van der Waals surface area contributed by atoms with E-state index in [1.165, 1.54) is 28.6 Å². The number of rotatable bonds is 5. The van der Waals surface area contributed by atoms with Crippen LogP contribution in [0.4, 0.5) is 6.01 Å². The van der Waals surface area contributed by atoms with Gasteiger partial charge in [0.25, 0.3) is 11.8 Å². The minimum atomic E-state index is -3.68. The summed E-state index contributed by atoms with van der Waals surface area (Å²) in [5.74, 6) is -0.288. The minimum absolute atomic E-state index is 0.0748. The molecule has 0 radical (unpaired) electrons. The van der Waals surface area contributed by atoms with Crippen molar-refractivity contribution < 1.29 is 22.4 Å². The predicted octanol–water partition coefficient (Wildman–Crippen LogP) is 1.52. The van der Waals surface area contributed by atoms with Crippen molar-refractivity contribution in [2.75, 3.05) is 18.4 Å². The number of anilines is 1. The quantitative estimate of drug-likeness (QED) is 0.624. The molecule has 2 aromatic heterocycles. The standard InChI is InChI=1S/C19H22N6O5S/c1-12-10-25(11-13(2)29-12)31(27,28)15-6-4-14(5-7-15)17(26)21-19-23-22-18(30-19)16-8-9-20-24(16)3/h4-9,12-13H,10-11H2,1-3H3,(H,21,23,26). The molecular weight excluding hydrogens is 424 g/mol. The highest BCUT2D eigenvalue weighted by Crippen LogP contribution is 2.22. The number of nitrogens with zero attached hydrogens (tertiary/aromatic N) is 5. The highest BCUT2D eigenvalue weighted by atomic mass is 32.2. The van der Waals surface area contributed by atoms with Crippen LogP contribution < -0.4 is 5.32 Å². The number of amides is 1. The van der Waals surface area contributed by atoms with Crippen molar-refractivity contribution in [3.63, 3.8) is 0 Å². The second-order valence-electron chi connectivity index (χ2n) is 7.31. The SMILES string of the molecule is CC1CN(S(=O)(=O)c2ccc(C(=O)Nc3nnc(-c4ccnn4C)o3)cc2)CC(C)O1. The number of aryl methyl sites for hydroxylation is 1. The van der Waals surface area contributed by atoms with E-state index in [1.807, 2.05) is 13.8 Å². The Morgan fingerprint density at radius 2 is 1.77 bits per heavy atom. The van der Waals surface area contributed by atoms with Crippen molar-refractivity contribution >= 4 is 21.9 Å². The molecule has 2 atom stereocenters. The van der Waals surface area contributed by atoms with Gasteiger partial charge in [-0.05, 0) is 44.2 Å². The fraction of sp³-hybridized carbons (Fsp3) is 0.368. The lowest BCUT2D eigenvalue weighted by Gasteiger charge is -2.34. The molecule has 1 aliphatic heterocycles. The zero-order valence-corrected chi connectivity index (χ0v) is 18.0. The summed E-state index contributed by atoms with van der Waals surface area (Å²) in [7, 11) is -1.95. The van der Waals surface area contributed by atoms with E-state index in [4.69, 9.17) is 9.15 Å². The number of morpholine rings is 1. The van der Waals surface area contributed by atoms with E-state index in [2.05, 4.69) is 20.6 Å². The first-order valence-corrected chi connectivity index (χ1v) is 11.1. The van der Waals surface area contributed by atoms with Crippen LogP contribution >= 0.6 is 0 Å². The third-order valence-corrected chi connectivity index (χ3v) is 6.67. The fourth-order valence-electron chi connectivity index (χ4n) is 3.38. The monoisotopic (exact) mass is 446 g/mol. The topological polar surface area (TPSA) is 132 Å². The largest absolute Gasteiger partial charge is 0.401 e. The lowest BCUT2D eigenvalue weighted by atomic mass is 10.2. The Balaban J connectivity index is 1.46. The number of hydrogen-bond acceptors (Lipinski definition) is 8. The summed E-state index contributed by atoms with van der Waals surface area (Å²) in [5.41, 5.74) is 0.859. The van der Waals surface area contributed by atoms with Gasteiger partial charge < -0.3 is 9.15 Å². The Hall–Kier alpha value is -3.09. The number of nitrogens with one attached hydrogen (secondary N) is 1. The summed E-state index contributed by atoms with van der Waals surface area (Å²) in [6.07, 6.45) is 1.22. The maximum Gasteiger partial charge on any atom is 0.322 e. The third kappa shape index (κ3) is 4.36. The third-order valence-electron chi connectivity index (χ3n) is 4.83. The molecule has 3 heterocycles. The van der Waals surface area contributed by atoms with E-state index in [9.17, 15) is 13.2 Å². The van der Waals surface area contributed by atoms with Crippen molar-refractivity contribution in [3.8, 4) is 11.6 Å². The molecule has 4 rings (SSSR count). The van der Waals surface area contributed by atoms with E-state index >= 15 is 0 Å². The van der Waals surface area contributed by atoms with Gasteiger partial charge in [0.1, 0.15) is 5.69 Å². The van der Waals surface area contributed by atoms with E-state index in [0.717, 1.165) is 0 Å². The Morgan fingerprint density at radius 1 is 1.10 bits per heavy atom. The summed E-state index contributed by atoms with van der Waals surface area (Å²) in [6.45, 7) is 4.24. The van der Waals surface area contributed by atoms with Gasteiger partial charge in [0.05, 0.1) is 17.1 Å². The predicted molar refractivity (Wildman–Crippen MR) is 110 cm³/mol. The molecule has 1 saturated heterocycles. The van der Waals surface area contributed by atoms with Crippen LogP contribution in [0.2, 0.25) is 0 Å². The lowest BCUT2D eigenvalue weighted by Crippen LogP contribution is -2.48. The van der Waals surface area contributed by atoms with Gasteiger partial charge >= 0.3 is 6.01 Å². The number of sulfonamides is 1. The van der Waals surface area contributed by atoms with E-state index in [-0.39, 0.29) is 47.7 Å². The molecule has 0 bridgehead atoms. The van der Waals surface area contributed by atoms with Gasteiger partial charge in [-0.3, -0.25) is 14.8 Å². The number of carbonyl (C=O) groups is 1. The summed E-state index contributed by atoms with van der Waals surface area (Å²) >= 11 is 0. The average Bonchev–Trinajstić information content (AvgIpc) is 3.36. The molecule has 1 N–H and O–H groups in total. The number of aromatic nitrogens is 4. The Labute approximate surface area is 179 Å². The zero-order chi connectivity index (χ0) is 22.2. The van der Waals surface area contributed by atoms with Gasteiger partial charge in [-0.15, -0.1) is 5.10 Å². The molecule has 2 unspecified atom stereocenters. The van der Waals surface area contributed by atoms with Crippen molar-refractivity contribution in [1.29, 1.82) is 0 Å². The number of carbonyl (C=O) groups excluding carboxylic acids is 1. The molecule has 0 aliphatic carbocycles. The zero-order valence-electron chi connectivity index (χ0n) is 17.2. The van der Waals surface area contributed by atoms with E-state index < -0.39 is 15.9 Å². The first-order chi connectivity index (χ1) is 14.7. The van der Waals surface area contributed by atoms with Crippen molar-refractivity contribution in [3.05, 3.63) is 42.1 Å². The smallest absolute Gasteiger partial charge is 0.322 e. The van der Waals surface area contributed by atoms with E-state index in [0.29, 0.717) is 5.69 Å². The minimum Gasteiger partial charge on any atom is -0.401 e. The van der Waals surface area contributed by atoms with Gasteiger partial charge in [0, 0.05) is 31.9 Å². The van der Waals surface area contributed by atoms with Crippen LogP contribution in [-0.2, 0) is 21.8 Å². The van der Waals surface area contributed by atoms with Crippen molar-refractivity contribution in [1.82, 2.24) is 24.3 Å². The Morgan fingerprint density at radius 3 is 2.39 bits per heavy atom. The summed E-state index contributed by atoms with van der Waals surface area (Å²) in [5, 5.41) is 14.2. The van der Waals surface area contributed by atoms with Crippen LogP contribution in [0.25, 0.3) is 11.6 Å². The highest BCUT2D eigenvalue weighted by Gasteiger charge is 2.32. The van der Waals surface area contributed by atoms with Crippen LogP contribution in [0.1, 0.15) is 24.2 Å². The van der Waals surface area contributed by atoms with Crippen LogP contribution in [-0.4, -0.2) is 63.9 Å². The lowest BCUT2D eigenvalue weighted by molar-refractivity contribution is -0.0440. The Kier molecular flexibility index (Phi) is 5.60. The molecule has 1 amide bonds. The van der Waals surface area contributed by atoms with Crippen LogP contribution in [0.15, 0.2) is 45.8 Å². The second-order valence-corrected chi connectivity index (χ2v) is 9.25. The molecule has 31 heavy (non-hydrogen) atoms. The average molecular weight is 446 g/mol. The van der Waals surface area contributed by atoms with Gasteiger partial charge in [0.2, 0.25) is 10.0 Å². The number of hydrogen-bond donors (Lipinski definition) is 1. The molecule has 1 aliphatic rings. The molecule has 0 spiro atoms. The maximum atomic E-state index is 12.9. The molecule has 1 fully saturated rings. The van der Waals surface area contributed by atoms with Crippen LogP contribution in [0.3, 0.4) is 0 Å². The maximum absolute atomic E-state index is 12.9. The van der Waals surface area contributed by atoms with Gasteiger partial charge in [-0.2, -0.15) is 9.40 Å². The molecule has 1 aromatic carbocycles. The first kappa shape index (κ1) is 21.2. The fourth-order valence-corrected chi connectivity index (χ4v) is 4.98. The summed E-state index contributed by atoms with van der Waals surface area (Å²) in [6, 6.07) is 7.32. The molecular formula is C19H22N6O5S. The molecule has 3 aromatic rings. The van der Waals surface area contributed by atoms with Crippen LogP contribution in [0, 0.1) is 0 Å². The summed E-state index contributed by atoms with van der Waals surface area (Å²) < 4.78 is 39.9. The molecule has 164 valence electrons. The normalized spacial score (nSPS) is 20.0. The highest BCUT2D eigenvalue weighted by molar-refractivity contribution is 7.89. The first-order valence-electron chi connectivity index (χ1n) is 9.63. The van der Waals surface area contributed by atoms with Crippen molar-refractivity contribution in [2.24, 2.45) is 7.05 Å². The van der Waals surface area contributed by atoms with E-state index in [1.54, 1.807) is 24.0 Å². The van der Waals surface area contributed by atoms with Crippen molar-refractivity contribution in [2.45, 2.75) is 31.0 Å². The molecule has 12 heteroatoms. The number of ether oxygens (including phenoxy) is 1. The summed E-state index contributed by atoms with van der Waals surface area (Å²) in [4.78, 5) is 12.6. The molecule has 0 saturated carbocycles. The van der Waals surface area contributed by atoms with Gasteiger partial charge in [0.15, 0.2) is 0 Å².